The van der Waals surface area contributed by atoms with Crippen LogP contribution in [0, 0.1) is 5.92 Å². The van der Waals surface area contributed by atoms with Gasteiger partial charge in [-0.2, -0.15) is 0 Å². The zero-order valence-electron chi connectivity index (χ0n) is 25.8. The minimum Gasteiger partial charge on any atom is -0.384 e. The number of carbonyl (C=O) groups is 3. The van der Waals surface area contributed by atoms with Gasteiger partial charge in [0.2, 0.25) is 11.8 Å². The molecular weight excluding hydrogens is 562 g/mol. The van der Waals surface area contributed by atoms with Crippen LogP contribution in [0.25, 0.3) is 0 Å². The molecule has 3 aliphatic heterocycles. The third-order valence-electron chi connectivity index (χ3n) is 9.25. The number of nitrogens with zero attached hydrogens (tertiary/aromatic N) is 3. The maximum Gasteiger partial charge on any atom is 0.254 e. The number of piperidine rings is 2. The van der Waals surface area contributed by atoms with Crippen LogP contribution in [0.4, 0.5) is 5.69 Å². The zero-order valence-corrected chi connectivity index (χ0v) is 26.5. The Kier molecular flexibility index (Phi) is 10.3. The van der Waals surface area contributed by atoms with Gasteiger partial charge in [-0.05, 0) is 67.3 Å². The summed E-state index contributed by atoms with van der Waals surface area (Å²) in [6.07, 6.45) is 5.10. The second-order valence-corrected chi connectivity index (χ2v) is 13.2. The molecular formula is C34H46ClN5O3. The summed E-state index contributed by atoms with van der Waals surface area (Å²) in [6.45, 7) is 11.0. The first kappa shape index (κ1) is 31.3. The Morgan fingerprint density at radius 2 is 1.58 bits per heavy atom. The lowest BCUT2D eigenvalue weighted by atomic mass is 9.94. The molecule has 2 aromatic carbocycles. The van der Waals surface area contributed by atoms with E-state index in [1.54, 1.807) is 6.92 Å². The maximum absolute atomic E-state index is 14.0. The van der Waals surface area contributed by atoms with Gasteiger partial charge in [0.15, 0.2) is 0 Å². The van der Waals surface area contributed by atoms with E-state index >= 15 is 0 Å². The fraction of sp³-hybridized carbons (Fsp3) is 0.559. The third kappa shape index (κ3) is 7.71. The highest BCUT2D eigenvalue weighted by Gasteiger charge is 2.35. The Bertz CT molecular complexity index is 1280. The molecule has 3 heterocycles. The van der Waals surface area contributed by atoms with Gasteiger partial charge in [0.25, 0.3) is 5.91 Å². The van der Waals surface area contributed by atoms with E-state index in [-0.39, 0.29) is 17.7 Å². The van der Waals surface area contributed by atoms with E-state index in [2.05, 4.69) is 29.4 Å². The van der Waals surface area contributed by atoms with Gasteiger partial charge in [-0.25, -0.2) is 0 Å². The number of hydrogen-bond donors (Lipinski definition) is 2. The molecule has 232 valence electrons. The molecule has 0 radical (unpaired) electrons. The van der Waals surface area contributed by atoms with Crippen LogP contribution in [0.15, 0.2) is 42.5 Å². The molecule has 2 saturated heterocycles. The lowest BCUT2D eigenvalue weighted by molar-refractivity contribution is -0.135. The lowest BCUT2D eigenvalue weighted by Gasteiger charge is -2.46. The topological polar surface area (TPSA) is 85.0 Å². The monoisotopic (exact) mass is 607 g/mol. The molecule has 5 rings (SSSR count). The third-order valence-corrected chi connectivity index (χ3v) is 9.50. The molecule has 0 unspecified atom stereocenters. The van der Waals surface area contributed by atoms with Crippen molar-refractivity contribution in [3.05, 3.63) is 64.2 Å². The van der Waals surface area contributed by atoms with Crippen LogP contribution in [0.2, 0.25) is 5.02 Å². The predicted octanol–water partition coefficient (Wildman–Crippen LogP) is 4.61. The van der Waals surface area contributed by atoms with Crippen molar-refractivity contribution >= 4 is 35.0 Å². The number of amides is 3. The van der Waals surface area contributed by atoms with E-state index in [0.29, 0.717) is 48.1 Å². The van der Waals surface area contributed by atoms with Crippen molar-refractivity contribution in [2.45, 2.75) is 77.4 Å². The van der Waals surface area contributed by atoms with Crippen LogP contribution in [-0.2, 0) is 22.4 Å². The van der Waals surface area contributed by atoms with Gasteiger partial charge >= 0.3 is 0 Å². The van der Waals surface area contributed by atoms with Crippen molar-refractivity contribution in [2.24, 2.45) is 5.92 Å². The highest BCUT2D eigenvalue weighted by atomic mass is 35.5. The van der Waals surface area contributed by atoms with E-state index in [4.69, 9.17) is 11.6 Å². The highest BCUT2D eigenvalue weighted by Crippen LogP contribution is 2.28. The Labute approximate surface area is 261 Å². The fourth-order valence-corrected chi connectivity index (χ4v) is 7.12. The standard InChI is InChI=1S/C34H46ClN5O3/c1-23(2)22-40(28-12-17-38(18-13-28)24(3)41)29-14-19-39(20-15-29)34(43)31(21-25-7-9-27(35)10-8-25)37-33(42)30-6-4-5-26-11-16-36-32(26)30/h4-10,23,28-29,31,36H,11-22H2,1-3H3,(H,37,42)/t31-/m1/s1. The molecule has 0 spiro atoms. The van der Waals surface area contributed by atoms with Gasteiger partial charge in [-0.1, -0.05) is 49.7 Å². The van der Waals surface area contributed by atoms with Crippen LogP contribution in [0.3, 0.4) is 0 Å². The second kappa shape index (κ2) is 14.1. The van der Waals surface area contributed by atoms with Crippen molar-refractivity contribution in [3.63, 3.8) is 0 Å². The number of halogens is 1. The molecule has 2 fully saturated rings. The van der Waals surface area contributed by atoms with Crippen LogP contribution in [-0.4, -0.2) is 89.8 Å². The first-order chi connectivity index (χ1) is 20.7. The summed E-state index contributed by atoms with van der Waals surface area (Å²) in [5, 5.41) is 7.08. The Morgan fingerprint density at radius 1 is 0.953 bits per heavy atom. The quantitative estimate of drug-likeness (QED) is 0.435. The van der Waals surface area contributed by atoms with Crippen LogP contribution in [0.5, 0.6) is 0 Å². The number of rotatable bonds is 9. The number of likely N-dealkylation sites (tertiary alicyclic amines) is 2. The Morgan fingerprint density at radius 3 is 2.19 bits per heavy atom. The lowest BCUT2D eigenvalue weighted by Crippen LogP contribution is -2.56. The SMILES string of the molecule is CC(=O)N1CCC(N(CC(C)C)C2CCN(C(=O)[C@@H](Cc3ccc(Cl)cc3)NC(=O)c3cccc4c3NCC4)CC2)CC1. The van der Waals surface area contributed by atoms with Crippen molar-refractivity contribution in [1.29, 1.82) is 0 Å². The summed E-state index contributed by atoms with van der Waals surface area (Å²) in [4.78, 5) is 46.0. The van der Waals surface area contributed by atoms with E-state index < -0.39 is 6.04 Å². The largest absolute Gasteiger partial charge is 0.384 e. The van der Waals surface area contributed by atoms with Gasteiger partial charge in [0.05, 0.1) is 11.3 Å². The van der Waals surface area contributed by atoms with Crippen molar-refractivity contribution < 1.29 is 14.4 Å². The summed E-state index contributed by atoms with van der Waals surface area (Å²) < 4.78 is 0. The highest BCUT2D eigenvalue weighted by molar-refractivity contribution is 6.30. The van der Waals surface area contributed by atoms with E-state index in [1.807, 2.05) is 52.3 Å². The van der Waals surface area contributed by atoms with Gasteiger partial charge in [0.1, 0.15) is 6.04 Å². The predicted molar refractivity (Wildman–Crippen MR) is 171 cm³/mol. The molecule has 0 aliphatic carbocycles. The van der Waals surface area contributed by atoms with Gasteiger partial charge in [-0.15, -0.1) is 0 Å². The molecule has 8 nitrogen and oxygen atoms in total. The number of nitrogens with one attached hydrogen (secondary N) is 2. The van der Waals surface area contributed by atoms with Crippen LogP contribution in [0.1, 0.15) is 67.9 Å². The van der Waals surface area contributed by atoms with Crippen molar-refractivity contribution in [1.82, 2.24) is 20.0 Å². The molecule has 3 amide bonds. The second-order valence-electron chi connectivity index (χ2n) is 12.8. The summed E-state index contributed by atoms with van der Waals surface area (Å²) in [5.74, 6) is 0.438. The molecule has 2 aromatic rings. The van der Waals surface area contributed by atoms with Crippen molar-refractivity contribution in [3.8, 4) is 0 Å². The molecule has 2 N–H and O–H groups in total. The van der Waals surface area contributed by atoms with Gasteiger partial charge < -0.3 is 20.4 Å². The normalized spacial score (nSPS) is 18.5. The number of fused-ring (bicyclic) bond motifs is 1. The maximum atomic E-state index is 14.0. The first-order valence-corrected chi connectivity index (χ1v) is 16.3. The minimum atomic E-state index is -0.676. The summed E-state index contributed by atoms with van der Waals surface area (Å²) in [6, 6.07) is 13.5. The summed E-state index contributed by atoms with van der Waals surface area (Å²) in [7, 11) is 0. The van der Waals surface area contributed by atoms with Crippen LogP contribution < -0.4 is 10.6 Å². The Hall–Kier alpha value is -3.10. The number of carbonyl (C=O) groups excluding carboxylic acids is 3. The van der Waals surface area contributed by atoms with Gasteiger partial charge in [0, 0.05) is 69.7 Å². The van der Waals surface area contributed by atoms with E-state index in [9.17, 15) is 14.4 Å². The average Bonchev–Trinajstić information content (AvgIpc) is 3.49. The van der Waals surface area contributed by atoms with Crippen molar-refractivity contribution in [2.75, 3.05) is 44.6 Å². The Balaban J connectivity index is 1.27. The molecule has 43 heavy (non-hydrogen) atoms. The number of para-hydroxylation sites is 1. The first-order valence-electron chi connectivity index (χ1n) is 15.9. The zero-order chi connectivity index (χ0) is 30.5. The van der Waals surface area contributed by atoms with Gasteiger partial charge in [-0.3, -0.25) is 19.3 Å². The molecule has 0 aromatic heterocycles. The van der Waals surface area contributed by atoms with Crippen LogP contribution >= 0.6 is 11.6 Å². The summed E-state index contributed by atoms with van der Waals surface area (Å²) >= 11 is 6.13. The fourth-order valence-electron chi connectivity index (χ4n) is 6.99. The van der Waals surface area contributed by atoms with E-state index in [1.165, 1.54) is 0 Å². The number of anilines is 1. The molecule has 9 heteroatoms. The smallest absolute Gasteiger partial charge is 0.254 e. The molecule has 0 bridgehead atoms. The molecule has 3 aliphatic rings. The number of hydrogen-bond acceptors (Lipinski definition) is 5. The summed E-state index contributed by atoms with van der Waals surface area (Å²) in [5.41, 5.74) is 3.54. The average molecular weight is 608 g/mol. The molecule has 0 saturated carbocycles. The number of benzene rings is 2. The minimum absolute atomic E-state index is 0.0348. The molecule has 1 atom stereocenters. The van der Waals surface area contributed by atoms with E-state index in [0.717, 1.165) is 75.1 Å².